The standard InChI is InChI=1S/C33H29FN2O3/c1-20-22(3)36(19-23-12-14-24(15-13-23)27-9-4-5-10-28(27)33(38)39)31-17-16-25(18-29(20)31)32(37)35-21(2)26-8-6-7-11-30(26)34/h4-18,21H,19H2,1-3H3,(H,35,37)(H,38,39). The summed E-state index contributed by atoms with van der Waals surface area (Å²) in [4.78, 5) is 24.6. The minimum Gasteiger partial charge on any atom is -0.478 e. The van der Waals surface area contributed by atoms with Gasteiger partial charge in [0.2, 0.25) is 0 Å². The van der Waals surface area contributed by atoms with Crippen LogP contribution < -0.4 is 5.32 Å². The minimum atomic E-state index is -0.950. The first kappa shape index (κ1) is 25.9. The number of aryl methyl sites for hydroxylation is 1. The number of hydrogen-bond donors (Lipinski definition) is 2. The number of carboxylic acids is 1. The Balaban J connectivity index is 1.39. The molecule has 0 bridgehead atoms. The number of hydrogen-bond acceptors (Lipinski definition) is 2. The number of aromatic nitrogens is 1. The van der Waals surface area contributed by atoms with Crippen LogP contribution in [0.4, 0.5) is 4.39 Å². The quantitative estimate of drug-likeness (QED) is 0.237. The highest BCUT2D eigenvalue weighted by Crippen LogP contribution is 2.29. The second-order valence-electron chi connectivity index (χ2n) is 9.79. The van der Waals surface area contributed by atoms with Crippen LogP contribution in [0.3, 0.4) is 0 Å². The molecule has 0 saturated heterocycles. The van der Waals surface area contributed by atoms with Crippen molar-refractivity contribution < 1.29 is 19.1 Å². The Kier molecular flexibility index (Phi) is 7.03. The highest BCUT2D eigenvalue weighted by molar-refractivity contribution is 5.99. The summed E-state index contributed by atoms with van der Waals surface area (Å²) in [6.07, 6.45) is 0. The summed E-state index contributed by atoms with van der Waals surface area (Å²) in [5.41, 5.74) is 7.06. The van der Waals surface area contributed by atoms with E-state index in [4.69, 9.17) is 0 Å². The van der Waals surface area contributed by atoms with Crippen LogP contribution in [0.25, 0.3) is 22.0 Å². The molecule has 0 radical (unpaired) electrons. The summed E-state index contributed by atoms with van der Waals surface area (Å²) < 4.78 is 16.4. The third kappa shape index (κ3) is 5.06. The molecule has 5 rings (SSSR count). The summed E-state index contributed by atoms with van der Waals surface area (Å²) in [7, 11) is 0. The Hall–Kier alpha value is -4.71. The molecule has 0 aliphatic rings. The Morgan fingerprint density at radius 3 is 2.33 bits per heavy atom. The number of nitrogens with one attached hydrogen (secondary N) is 1. The third-order valence-corrected chi connectivity index (χ3v) is 7.38. The monoisotopic (exact) mass is 520 g/mol. The zero-order valence-electron chi connectivity index (χ0n) is 22.0. The average molecular weight is 521 g/mol. The van der Waals surface area contributed by atoms with E-state index in [1.165, 1.54) is 6.07 Å². The molecule has 1 unspecified atom stereocenters. The van der Waals surface area contributed by atoms with E-state index >= 15 is 0 Å². The van der Waals surface area contributed by atoms with Crippen LogP contribution in [0.15, 0.2) is 91.0 Å². The maximum atomic E-state index is 14.2. The van der Waals surface area contributed by atoms with E-state index in [0.29, 0.717) is 23.2 Å². The van der Waals surface area contributed by atoms with Crippen molar-refractivity contribution >= 4 is 22.8 Å². The topological polar surface area (TPSA) is 71.3 Å². The molecule has 196 valence electrons. The van der Waals surface area contributed by atoms with E-state index in [2.05, 4.69) is 16.8 Å². The predicted octanol–water partition coefficient (Wildman–Crippen LogP) is 7.30. The number of amides is 1. The van der Waals surface area contributed by atoms with Gasteiger partial charge in [-0.3, -0.25) is 4.79 Å². The molecule has 4 aromatic carbocycles. The first-order valence-electron chi connectivity index (χ1n) is 12.8. The molecule has 1 aromatic heterocycles. The number of halogens is 1. The van der Waals surface area contributed by atoms with Gasteiger partial charge in [-0.1, -0.05) is 60.7 Å². The smallest absolute Gasteiger partial charge is 0.336 e. The van der Waals surface area contributed by atoms with Gasteiger partial charge >= 0.3 is 5.97 Å². The molecular formula is C33H29FN2O3. The Bertz CT molecular complexity index is 1700. The highest BCUT2D eigenvalue weighted by atomic mass is 19.1. The molecule has 1 heterocycles. The fraction of sp³-hybridized carbons (Fsp3) is 0.152. The van der Waals surface area contributed by atoms with E-state index in [1.54, 1.807) is 43.3 Å². The maximum Gasteiger partial charge on any atom is 0.336 e. The lowest BCUT2D eigenvalue weighted by Gasteiger charge is -2.15. The minimum absolute atomic E-state index is 0.255. The summed E-state index contributed by atoms with van der Waals surface area (Å²) in [5.74, 6) is -1.55. The Morgan fingerprint density at radius 2 is 1.62 bits per heavy atom. The zero-order valence-corrected chi connectivity index (χ0v) is 22.0. The Labute approximate surface area is 226 Å². The summed E-state index contributed by atoms with van der Waals surface area (Å²) in [5, 5.41) is 13.4. The largest absolute Gasteiger partial charge is 0.478 e. The van der Waals surface area contributed by atoms with Gasteiger partial charge in [-0.2, -0.15) is 0 Å². The lowest BCUT2D eigenvalue weighted by molar-refractivity contribution is 0.0697. The van der Waals surface area contributed by atoms with E-state index in [1.807, 2.05) is 55.5 Å². The molecule has 0 spiro atoms. The van der Waals surface area contributed by atoms with Gasteiger partial charge in [-0.25, -0.2) is 9.18 Å². The number of aromatic carboxylic acids is 1. The van der Waals surface area contributed by atoms with Gasteiger partial charge in [0, 0.05) is 34.3 Å². The zero-order chi connectivity index (χ0) is 27.7. The SMILES string of the molecule is Cc1c(C)n(Cc2ccc(-c3ccccc3C(=O)O)cc2)c2ccc(C(=O)NC(C)c3ccccc3F)cc12. The molecule has 5 nitrogen and oxygen atoms in total. The molecular weight excluding hydrogens is 491 g/mol. The van der Waals surface area contributed by atoms with Crippen LogP contribution >= 0.6 is 0 Å². The van der Waals surface area contributed by atoms with Crippen LogP contribution in [0.5, 0.6) is 0 Å². The summed E-state index contributed by atoms with van der Waals surface area (Å²) in [6, 6.07) is 26.5. The van der Waals surface area contributed by atoms with Gasteiger partial charge in [0.05, 0.1) is 11.6 Å². The van der Waals surface area contributed by atoms with Gasteiger partial charge in [-0.15, -0.1) is 0 Å². The molecule has 39 heavy (non-hydrogen) atoms. The lowest BCUT2D eigenvalue weighted by atomic mass is 9.99. The number of rotatable bonds is 7. The first-order chi connectivity index (χ1) is 18.7. The lowest BCUT2D eigenvalue weighted by Crippen LogP contribution is -2.27. The van der Waals surface area contributed by atoms with Crippen molar-refractivity contribution in [2.75, 3.05) is 0 Å². The maximum absolute atomic E-state index is 14.2. The van der Waals surface area contributed by atoms with Gasteiger partial charge in [0.25, 0.3) is 5.91 Å². The third-order valence-electron chi connectivity index (χ3n) is 7.38. The molecule has 2 N–H and O–H groups in total. The molecule has 0 saturated carbocycles. The average Bonchev–Trinajstić information content (AvgIpc) is 3.17. The summed E-state index contributed by atoms with van der Waals surface area (Å²) >= 11 is 0. The van der Waals surface area contributed by atoms with Crippen LogP contribution in [0.1, 0.15) is 56.1 Å². The molecule has 0 aliphatic carbocycles. The van der Waals surface area contributed by atoms with Gasteiger partial charge in [0.15, 0.2) is 0 Å². The number of carbonyl (C=O) groups is 2. The molecule has 6 heteroatoms. The second-order valence-corrected chi connectivity index (χ2v) is 9.79. The molecule has 0 fully saturated rings. The van der Waals surface area contributed by atoms with E-state index in [0.717, 1.165) is 33.3 Å². The van der Waals surface area contributed by atoms with Crippen LogP contribution in [0, 0.1) is 19.7 Å². The van der Waals surface area contributed by atoms with Gasteiger partial charge in [0.1, 0.15) is 5.82 Å². The van der Waals surface area contributed by atoms with Crippen LogP contribution in [-0.4, -0.2) is 21.6 Å². The van der Waals surface area contributed by atoms with Crippen LogP contribution in [-0.2, 0) is 6.54 Å². The molecule has 5 aromatic rings. The first-order valence-corrected chi connectivity index (χ1v) is 12.8. The normalized spacial score (nSPS) is 11.9. The number of carbonyl (C=O) groups excluding carboxylic acids is 1. The molecule has 1 atom stereocenters. The number of nitrogens with zero attached hydrogens (tertiary/aromatic N) is 1. The van der Waals surface area contributed by atoms with E-state index in [-0.39, 0.29) is 17.3 Å². The van der Waals surface area contributed by atoms with E-state index < -0.39 is 12.0 Å². The van der Waals surface area contributed by atoms with Crippen molar-refractivity contribution in [3.05, 3.63) is 130 Å². The van der Waals surface area contributed by atoms with Crippen molar-refractivity contribution in [3.8, 4) is 11.1 Å². The van der Waals surface area contributed by atoms with E-state index in [9.17, 15) is 19.1 Å². The van der Waals surface area contributed by atoms with Crippen molar-refractivity contribution in [3.63, 3.8) is 0 Å². The highest BCUT2D eigenvalue weighted by Gasteiger charge is 2.18. The second kappa shape index (κ2) is 10.6. The van der Waals surface area contributed by atoms with Crippen LogP contribution in [0.2, 0.25) is 0 Å². The van der Waals surface area contributed by atoms with Crippen molar-refractivity contribution in [2.45, 2.75) is 33.4 Å². The summed E-state index contributed by atoms with van der Waals surface area (Å²) in [6.45, 7) is 6.51. The number of carboxylic acid groups (broad SMARTS) is 1. The van der Waals surface area contributed by atoms with Crippen molar-refractivity contribution in [2.24, 2.45) is 0 Å². The number of benzene rings is 4. The van der Waals surface area contributed by atoms with Crippen molar-refractivity contribution in [1.82, 2.24) is 9.88 Å². The predicted molar refractivity (Wildman–Crippen MR) is 152 cm³/mol. The molecule has 0 aliphatic heterocycles. The van der Waals surface area contributed by atoms with Gasteiger partial charge in [-0.05, 0) is 73.4 Å². The Morgan fingerprint density at radius 1 is 0.923 bits per heavy atom. The fourth-order valence-corrected chi connectivity index (χ4v) is 5.07. The fourth-order valence-electron chi connectivity index (χ4n) is 5.07. The van der Waals surface area contributed by atoms with Gasteiger partial charge < -0.3 is 15.0 Å². The number of fused-ring (bicyclic) bond motifs is 1. The molecule has 1 amide bonds. The van der Waals surface area contributed by atoms with Crippen molar-refractivity contribution in [1.29, 1.82) is 0 Å².